The number of nitrogens with zero attached hydrogens (tertiary/aromatic N) is 4. The first-order valence-corrected chi connectivity index (χ1v) is 11.0. The van der Waals surface area contributed by atoms with Gasteiger partial charge in [-0.05, 0) is 55.8 Å². The third-order valence-corrected chi connectivity index (χ3v) is 5.76. The Morgan fingerprint density at radius 3 is 2.68 bits per heavy atom. The summed E-state index contributed by atoms with van der Waals surface area (Å²) in [6.07, 6.45) is 1.64. The molecule has 0 radical (unpaired) electrons. The van der Waals surface area contributed by atoms with Gasteiger partial charge in [-0.2, -0.15) is 4.98 Å². The normalized spacial score (nSPS) is 16.4. The van der Waals surface area contributed by atoms with Crippen LogP contribution in [-0.2, 0) is 9.59 Å². The van der Waals surface area contributed by atoms with Gasteiger partial charge in [-0.1, -0.05) is 17.3 Å². The van der Waals surface area contributed by atoms with Crippen LogP contribution < -0.4 is 10.6 Å². The molecule has 1 aromatic heterocycles. The molecule has 2 N–H and O–H groups in total. The summed E-state index contributed by atoms with van der Waals surface area (Å²) in [5, 5.41) is 3.98. The molecule has 2 aromatic carbocycles. The van der Waals surface area contributed by atoms with Crippen molar-refractivity contribution in [1.29, 1.82) is 0 Å². The topological polar surface area (TPSA) is 106 Å². The van der Waals surface area contributed by atoms with Crippen molar-refractivity contribution < 1.29 is 22.9 Å². The molecule has 1 fully saturated rings. The van der Waals surface area contributed by atoms with Crippen LogP contribution in [0.4, 0.5) is 14.5 Å². The van der Waals surface area contributed by atoms with Crippen LogP contribution in [0.2, 0.25) is 0 Å². The van der Waals surface area contributed by atoms with Crippen LogP contribution in [0.25, 0.3) is 11.4 Å². The number of nitrogens with two attached hydrogens (primary N) is 1. The molecule has 0 spiro atoms. The molecule has 4 rings (SSSR count). The number of aromatic nitrogens is 2. The monoisotopic (exact) mass is 469 g/mol. The number of halogens is 2. The van der Waals surface area contributed by atoms with Crippen LogP contribution in [0, 0.1) is 11.6 Å². The van der Waals surface area contributed by atoms with Gasteiger partial charge in [-0.3, -0.25) is 14.5 Å². The van der Waals surface area contributed by atoms with Gasteiger partial charge in [-0.15, -0.1) is 0 Å². The number of carbonyl (C=O) groups excluding carboxylic acids is 2. The number of anilines is 1. The molecular formula is C24H25F2N5O3. The van der Waals surface area contributed by atoms with Crippen LogP contribution in [-0.4, -0.2) is 53.0 Å². The molecule has 0 saturated carbocycles. The average Bonchev–Trinajstić information content (AvgIpc) is 3.31. The van der Waals surface area contributed by atoms with Crippen molar-refractivity contribution in [3.63, 3.8) is 0 Å². The molecule has 1 aliphatic rings. The highest BCUT2D eigenvalue weighted by Crippen LogP contribution is 2.28. The smallest absolute Gasteiger partial charge is 0.241 e. The predicted octanol–water partition coefficient (Wildman–Crippen LogP) is 3.10. The summed E-state index contributed by atoms with van der Waals surface area (Å²) in [5.74, 6) is -0.850. The third-order valence-electron chi connectivity index (χ3n) is 5.76. The fourth-order valence-corrected chi connectivity index (χ4v) is 4.06. The molecule has 178 valence electrons. The van der Waals surface area contributed by atoms with Gasteiger partial charge in [0.15, 0.2) is 0 Å². The first kappa shape index (κ1) is 23.5. The summed E-state index contributed by atoms with van der Waals surface area (Å²) in [7, 11) is 0. The standard InChI is InChI=1S/C24H25F2N5O3/c25-18-6-8-20(9-7-18)31(12-10-21(27)32)22(33)15-30-11-2-4-17(14-30)24-28-23(29-34-24)16-3-1-5-19(26)13-16/h1,3,5-9,13,17H,2,4,10-12,14-15H2,(H2,27,32). The number of carbonyl (C=O) groups is 2. The Hall–Kier alpha value is -3.66. The molecule has 1 unspecified atom stereocenters. The molecule has 8 nitrogen and oxygen atoms in total. The highest BCUT2D eigenvalue weighted by molar-refractivity contribution is 5.95. The SMILES string of the molecule is NC(=O)CCN(C(=O)CN1CCCC(c2nc(-c3cccc(F)c3)no2)C1)c1ccc(F)cc1. The summed E-state index contributed by atoms with van der Waals surface area (Å²) in [6.45, 7) is 1.46. The van der Waals surface area contributed by atoms with Gasteiger partial charge in [0.25, 0.3) is 0 Å². The number of piperidine rings is 1. The maximum atomic E-state index is 13.5. The van der Waals surface area contributed by atoms with Crippen LogP contribution >= 0.6 is 0 Å². The van der Waals surface area contributed by atoms with Gasteiger partial charge in [0.05, 0.1) is 12.5 Å². The Morgan fingerprint density at radius 1 is 1.15 bits per heavy atom. The Kier molecular flexibility index (Phi) is 7.27. The highest BCUT2D eigenvalue weighted by Gasteiger charge is 2.29. The molecule has 1 atom stereocenters. The van der Waals surface area contributed by atoms with Crippen molar-refractivity contribution in [2.75, 3.05) is 31.1 Å². The van der Waals surface area contributed by atoms with Crippen molar-refractivity contribution in [3.8, 4) is 11.4 Å². The van der Waals surface area contributed by atoms with Gasteiger partial charge < -0.3 is 15.2 Å². The van der Waals surface area contributed by atoms with Crippen molar-refractivity contribution in [3.05, 3.63) is 66.1 Å². The summed E-state index contributed by atoms with van der Waals surface area (Å²) >= 11 is 0. The fourth-order valence-electron chi connectivity index (χ4n) is 4.06. The number of hydrogen-bond acceptors (Lipinski definition) is 6. The van der Waals surface area contributed by atoms with E-state index in [4.69, 9.17) is 10.3 Å². The molecule has 0 bridgehead atoms. The second-order valence-electron chi connectivity index (χ2n) is 8.28. The third kappa shape index (κ3) is 5.82. The Balaban J connectivity index is 1.43. The molecule has 1 saturated heterocycles. The largest absolute Gasteiger partial charge is 0.370 e. The zero-order valence-electron chi connectivity index (χ0n) is 18.5. The van der Waals surface area contributed by atoms with Crippen molar-refractivity contribution in [2.24, 2.45) is 5.73 Å². The zero-order chi connectivity index (χ0) is 24.1. The average molecular weight is 469 g/mol. The molecule has 1 aliphatic heterocycles. The minimum atomic E-state index is -0.525. The number of hydrogen-bond donors (Lipinski definition) is 1. The minimum Gasteiger partial charge on any atom is -0.370 e. The van der Waals surface area contributed by atoms with E-state index in [9.17, 15) is 18.4 Å². The number of benzene rings is 2. The maximum absolute atomic E-state index is 13.5. The molecule has 3 aromatic rings. The van der Waals surface area contributed by atoms with E-state index in [-0.39, 0.29) is 37.2 Å². The van der Waals surface area contributed by atoms with Crippen molar-refractivity contribution in [2.45, 2.75) is 25.2 Å². The van der Waals surface area contributed by atoms with Crippen LogP contribution in [0.3, 0.4) is 0 Å². The molecule has 2 heterocycles. The molecule has 10 heteroatoms. The second kappa shape index (κ2) is 10.5. The second-order valence-corrected chi connectivity index (χ2v) is 8.28. The van der Waals surface area contributed by atoms with E-state index < -0.39 is 11.7 Å². The van der Waals surface area contributed by atoms with Crippen molar-refractivity contribution in [1.82, 2.24) is 15.0 Å². The molecule has 2 amide bonds. The fraction of sp³-hybridized carbons (Fsp3) is 0.333. The summed E-state index contributed by atoms with van der Waals surface area (Å²) in [4.78, 5) is 32.3. The summed E-state index contributed by atoms with van der Waals surface area (Å²) in [5.41, 5.74) is 6.30. The van der Waals surface area contributed by atoms with Crippen molar-refractivity contribution >= 4 is 17.5 Å². The van der Waals surface area contributed by atoms with E-state index in [0.717, 1.165) is 12.8 Å². The summed E-state index contributed by atoms with van der Waals surface area (Å²) in [6, 6.07) is 11.5. The van der Waals surface area contributed by atoms with Gasteiger partial charge >= 0.3 is 0 Å². The number of likely N-dealkylation sites (tertiary alicyclic amines) is 1. The Morgan fingerprint density at radius 2 is 1.94 bits per heavy atom. The lowest BCUT2D eigenvalue weighted by atomic mass is 9.98. The minimum absolute atomic E-state index is 0.00339. The summed E-state index contributed by atoms with van der Waals surface area (Å²) < 4.78 is 32.3. The number of primary amides is 1. The van der Waals surface area contributed by atoms with Gasteiger partial charge in [-0.25, -0.2) is 8.78 Å². The van der Waals surface area contributed by atoms with E-state index in [1.54, 1.807) is 12.1 Å². The lowest BCUT2D eigenvalue weighted by Crippen LogP contribution is -2.44. The lowest BCUT2D eigenvalue weighted by Gasteiger charge is -2.32. The molecular weight excluding hydrogens is 444 g/mol. The predicted molar refractivity (Wildman–Crippen MR) is 121 cm³/mol. The molecule has 34 heavy (non-hydrogen) atoms. The van der Waals surface area contributed by atoms with Crippen LogP contribution in [0.15, 0.2) is 53.1 Å². The number of amides is 2. The van der Waals surface area contributed by atoms with E-state index in [1.165, 1.54) is 41.3 Å². The first-order valence-electron chi connectivity index (χ1n) is 11.0. The lowest BCUT2D eigenvalue weighted by molar-refractivity contribution is -0.120. The van der Waals surface area contributed by atoms with E-state index in [0.29, 0.717) is 36.1 Å². The zero-order valence-corrected chi connectivity index (χ0v) is 18.5. The Labute approximate surface area is 195 Å². The Bertz CT molecular complexity index is 1150. The highest BCUT2D eigenvalue weighted by atomic mass is 19.1. The van der Waals surface area contributed by atoms with Gasteiger partial charge in [0, 0.05) is 30.8 Å². The van der Waals surface area contributed by atoms with Crippen LogP contribution in [0.1, 0.15) is 31.1 Å². The first-order chi connectivity index (χ1) is 16.4. The maximum Gasteiger partial charge on any atom is 0.241 e. The van der Waals surface area contributed by atoms with E-state index in [1.807, 2.05) is 4.90 Å². The molecule has 0 aliphatic carbocycles. The number of rotatable bonds is 8. The quantitative estimate of drug-likeness (QED) is 0.544. The van der Waals surface area contributed by atoms with Gasteiger partial charge in [0.1, 0.15) is 11.6 Å². The van der Waals surface area contributed by atoms with Crippen LogP contribution in [0.5, 0.6) is 0 Å². The van der Waals surface area contributed by atoms with Gasteiger partial charge in [0.2, 0.25) is 23.5 Å². The van der Waals surface area contributed by atoms with E-state index in [2.05, 4.69) is 10.1 Å². The van der Waals surface area contributed by atoms with E-state index >= 15 is 0 Å².